The molecule has 104 valence electrons. The molecule has 0 amide bonds. The normalized spacial score (nSPS) is 10.5. The van der Waals surface area contributed by atoms with Gasteiger partial charge in [-0.3, -0.25) is 4.98 Å². The maximum atomic E-state index is 11.1. The second-order valence-corrected chi connectivity index (χ2v) is 4.76. The van der Waals surface area contributed by atoms with Gasteiger partial charge >= 0.3 is 5.97 Å². The first kappa shape index (κ1) is 13.4. The fraction of sp³-hybridized carbons (Fsp3) is 0. The maximum absolute atomic E-state index is 11.1. The van der Waals surface area contributed by atoms with Crippen molar-refractivity contribution in [3.63, 3.8) is 0 Å². The van der Waals surface area contributed by atoms with Gasteiger partial charge in [0, 0.05) is 11.6 Å². The molecule has 0 saturated carbocycles. The number of rotatable bonds is 3. The molecule has 0 aliphatic heterocycles. The number of carbonyl (C=O) groups is 1. The Morgan fingerprint density at radius 2 is 1.86 bits per heavy atom. The fourth-order valence-electron chi connectivity index (χ4n) is 1.98. The SMILES string of the molecule is O=C(O)c1cnc2ccc(Oc3ccccc3)cc2c1Cl. The third-order valence-electron chi connectivity index (χ3n) is 2.98. The number of pyridine rings is 1. The number of carboxylic acids is 1. The molecule has 0 aliphatic rings. The largest absolute Gasteiger partial charge is 0.478 e. The van der Waals surface area contributed by atoms with Crippen molar-refractivity contribution in [1.29, 1.82) is 0 Å². The summed E-state index contributed by atoms with van der Waals surface area (Å²) < 4.78 is 5.71. The number of hydrogen-bond donors (Lipinski definition) is 1. The van der Waals surface area contributed by atoms with E-state index in [0.717, 1.165) is 0 Å². The van der Waals surface area contributed by atoms with Gasteiger partial charge in [0.25, 0.3) is 0 Å². The summed E-state index contributed by atoms with van der Waals surface area (Å²) in [6.45, 7) is 0. The van der Waals surface area contributed by atoms with Crippen LogP contribution < -0.4 is 4.74 Å². The Bertz CT molecular complexity index is 818. The number of ether oxygens (including phenoxy) is 1. The Hall–Kier alpha value is -2.59. The fourth-order valence-corrected chi connectivity index (χ4v) is 2.26. The molecule has 3 rings (SSSR count). The van der Waals surface area contributed by atoms with Gasteiger partial charge in [-0.1, -0.05) is 29.8 Å². The number of hydrogen-bond acceptors (Lipinski definition) is 3. The summed E-state index contributed by atoms with van der Waals surface area (Å²) >= 11 is 6.14. The summed E-state index contributed by atoms with van der Waals surface area (Å²) in [5, 5.41) is 9.78. The predicted octanol–water partition coefficient (Wildman–Crippen LogP) is 4.38. The molecule has 2 aromatic carbocycles. The van der Waals surface area contributed by atoms with Crippen LogP contribution in [0.2, 0.25) is 5.02 Å². The molecule has 0 unspecified atom stereocenters. The van der Waals surface area contributed by atoms with Crippen LogP contribution in [0.25, 0.3) is 10.9 Å². The number of carboxylic acid groups (broad SMARTS) is 1. The molecule has 0 bridgehead atoms. The van der Waals surface area contributed by atoms with Crippen molar-refractivity contribution in [2.24, 2.45) is 0 Å². The topological polar surface area (TPSA) is 59.4 Å². The van der Waals surface area contributed by atoms with Crippen LogP contribution in [0.15, 0.2) is 54.7 Å². The molecule has 0 radical (unpaired) electrons. The summed E-state index contributed by atoms with van der Waals surface area (Å²) in [6.07, 6.45) is 1.25. The van der Waals surface area contributed by atoms with Crippen LogP contribution >= 0.6 is 11.6 Å². The molecule has 0 aliphatic carbocycles. The Morgan fingerprint density at radius 3 is 2.57 bits per heavy atom. The Labute approximate surface area is 125 Å². The standard InChI is InChI=1S/C16H10ClNO3/c17-15-12-8-11(21-10-4-2-1-3-5-10)6-7-14(12)18-9-13(15)16(19)20/h1-9H,(H,19,20). The van der Waals surface area contributed by atoms with Gasteiger partial charge in [-0.15, -0.1) is 0 Å². The van der Waals surface area contributed by atoms with Gasteiger partial charge in [-0.2, -0.15) is 0 Å². The van der Waals surface area contributed by atoms with E-state index >= 15 is 0 Å². The summed E-state index contributed by atoms with van der Waals surface area (Å²) in [5.74, 6) is 0.152. The second-order valence-electron chi connectivity index (χ2n) is 4.39. The zero-order valence-electron chi connectivity index (χ0n) is 10.8. The summed E-state index contributed by atoms with van der Waals surface area (Å²) in [4.78, 5) is 15.2. The lowest BCUT2D eigenvalue weighted by molar-refractivity contribution is 0.0697. The Balaban J connectivity index is 2.06. The van der Waals surface area contributed by atoms with Crippen LogP contribution in [0.1, 0.15) is 10.4 Å². The quantitative estimate of drug-likeness (QED) is 0.779. The van der Waals surface area contributed by atoms with Gasteiger partial charge in [0.05, 0.1) is 16.1 Å². The van der Waals surface area contributed by atoms with Crippen LogP contribution in [-0.2, 0) is 0 Å². The minimum atomic E-state index is -1.11. The number of aromatic carboxylic acids is 1. The molecule has 1 heterocycles. The van der Waals surface area contributed by atoms with Crippen LogP contribution in [-0.4, -0.2) is 16.1 Å². The van der Waals surface area contributed by atoms with Gasteiger partial charge in [0.1, 0.15) is 11.5 Å². The van der Waals surface area contributed by atoms with Crippen LogP contribution in [0.5, 0.6) is 11.5 Å². The lowest BCUT2D eigenvalue weighted by atomic mass is 10.1. The molecular formula is C16H10ClNO3. The van der Waals surface area contributed by atoms with E-state index < -0.39 is 5.97 Å². The smallest absolute Gasteiger partial charge is 0.338 e. The van der Waals surface area contributed by atoms with Gasteiger partial charge in [0.2, 0.25) is 0 Å². The van der Waals surface area contributed by atoms with E-state index in [0.29, 0.717) is 22.4 Å². The molecule has 0 saturated heterocycles. The average molecular weight is 300 g/mol. The Kier molecular flexibility index (Phi) is 3.46. The zero-order valence-corrected chi connectivity index (χ0v) is 11.5. The highest BCUT2D eigenvalue weighted by Crippen LogP contribution is 2.30. The maximum Gasteiger partial charge on any atom is 0.338 e. The van der Waals surface area contributed by atoms with E-state index in [1.165, 1.54) is 6.20 Å². The van der Waals surface area contributed by atoms with E-state index in [9.17, 15) is 4.79 Å². The lowest BCUT2D eigenvalue weighted by Crippen LogP contribution is -1.99. The molecule has 21 heavy (non-hydrogen) atoms. The van der Waals surface area contributed by atoms with Crippen molar-refractivity contribution in [2.75, 3.05) is 0 Å². The van der Waals surface area contributed by atoms with Crippen LogP contribution in [0, 0.1) is 0 Å². The van der Waals surface area contributed by atoms with Gasteiger partial charge < -0.3 is 9.84 Å². The lowest BCUT2D eigenvalue weighted by Gasteiger charge is -2.08. The highest BCUT2D eigenvalue weighted by atomic mass is 35.5. The minimum Gasteiger partial charge on any atom is -0.478 e. The van der Waals surface area contributed by atoms with Crippen LogP contribution in [0.4, 0.5) is 0 Å². The predicted molar refractivity (Wildman–Crippen MR) is 80.2 cm³/mol. The van der Waals surface area contributed by atoms with E-state index in [4.69, 9.17) is 21.4 Å². The molecule has 1 N–H and O–H groups in total. The monoisotopic (exact) mass is 299 g/mol. The molecule has 4 nitrogen and oxygen atoms in total. The van der Waals surface area contributed by atoms with Gasteiger partial charge in [-0.05, 0) is 30.3 Å². The number of fused-ring (bicyclic) bond motifs is 1. The molecular weight excluding hydrogens is 290 g/mol. The van der Waals surface area contributed by atoms with Crippen LogP contribution in [0.3, 0.4) is 0 Å². The first-order chi connectivity index (χ1) is 10.1. The first-order valence-electron chi connectivity index (χ1n) is 6.19. The Morgan fingerprint density at radius 1 is 1.10 bits per heavy atom. The van der Waals surface area contributed by atoms with Crippen molar-refractivity contribution in [2.45, 2.75) is 0 Å². The number of aromatic nitrogens is 1. The number of halogens is 1. The highest BCUT2D eigenvalue weighted by molar-refractivity contribution is 6.38. The van der Waals surface area contributed by atoms with Crippen molar-refractivity contribution in [1.82, 2.24) is 4.98 Å². The molecule has 5 heteroatoms. The van der Waals surface area contributed by atoms with Gasteiger partial charge in [0.15, 0.2) is 0 Å². The second kappa shape index (κ2) is 5.42. The van der Waals surface area contributed by atoms with Gasteiger partial charge in [-0.25, -0.2) is 4.79 Å². The molecule has 1 aromatic heterocycles. The molecule has 3 aromatic rings. The number of nitrogens with zero attached hydrogens (tertiary/aromatic N) is 1. The van der Waals surface area contributed by atoms with Crippen molar-refractivity contribution >= 4 is 28.5 Å². The summed E-state index contributed by atoms with van der Waals surface area (Å²) in [7, 11) is 0. The molecule has 0 spiro atoms. The molecule has 0 fully saturated rings. The highest BCUT2D eigenvalue weighted by Gasteiger charge is 2.13. The molecule has 0 atom stereocenters. The third kappa shape index (κ3) is 2.66. The van der Waals surface area contributed by atoms with E-state index in [1.807, 2.05) is 30.3 Å². The van der Waals surface area contributed by atoms with E-state index in [1.54, 1.807) is 18.2 Å². The van der Waals surface area contributed by atoms with Crippen molar-refractivity contribution in [3.05, 3.63) is 65.3 Å². The van der Waals surface area contributed by atoms with E-state index in [-0.39, 0.29) is 10.6 Å². The summed E-state index contributed by atoms with van der Waals surface area (Å²) in [6, 6.07) is 14.5. The van der Waals surface area contributed by atoms with E-state index in [2.05, 4.69) is 4.98 Å². The first-order valence-corrected chi connectivity index (χ1v) is 6.57. The summed E-state index contributed by atoms with van der Waals surface area (Å²) in [5.41, 5.74) is 0.589. The minimum absolute atomic E-state index is 0.0268. The van der Waals surface area contributed by atoms with Crippen molar-refractivity contribution in [3.8, 4) is 11.5 Å². The number of para-hydroxylation sites is 1. The average Bonchev–Trinajstić information content (AvgIpc) is 2.49. The number of benzene rings is 2. The third-order valence-corrected chi connectivity index (χ3v) is 3.39. The zero-order chi connectivity index (χ0) is 14.8. The van der Waals surface area contributed by atoms with Crippen molar-refractivity contribution < 1.29 is 14.6 Å².